The Balaban J connectivity index is 0.000000294. The zero-order chi connectivity index (χ0) is 19.9. The van der Waals surface area contributed by atoms with Gasteiger partial charge in [-0.15, -0.1) is 0 Å². The number of hydrogen-bond acceptors (Lipinski definition) is 5. The number of benzene rings is 1. The molecule has 1 heterocycles. The van der Waals surface area contributed by atoms with E-state index in [2.05, 4.69) is 5.32 Å². The molecular formula is C14H19Cl2N2O7P. The number of para-hydroxylation sites is 2. The Morgan fingerprint density at radius 2 is 2.00 bits per heavy atom. The highest BCUT2D eigenvalue weighted by atomic mass is 35.5. The van der Waals surface area contributed by atoms with Crippen LogP contribution in [0, 0.1) is 0 Å². The normalized spacial score (nSPS) is 16.2. The number of carboxylic acid groups (broad SMARTS) is 1. The smallest absolute Gasteiger partial charge is 0.339 e. The second kappa shape index (κ2) is 10.1. The predicted molar refractivity (Wildman–Crippen MR) is 96.9 cm³/mol. The van der Waals surface area contributed by atoms with Crippen LogP contribution in [-0.2, 0) is 14.2 Å². The van der Waals surface area contributed by atoms with Crippen LogP contribution in [0.5, 0.6) is 5.75 Å². The fourth-order valence-electron chi connectivity index (χ4n) is 2.05. The summed E-state index contributed by atoms with van der Waals surface area (Å²) in [7, 11) is -4.10. The highest BCUT2D eigenvalue weighted by Gasteiger charge is 2.31. The molecule has 1 aliphatic rings. The van der Waals surface area contributed by atoms with Crippen LogP contribution in [0.15, 0.2) is 24.3 Å². The van der Waals surface area contributed by atoms with Crippen molar-refractivity contribution < 1.29 is 33.8 Å². The number of hydrogen-bond donors (Lipinski definition) is 4. The van der Waals surface area contributed by atoms with Crippen LogP contribution in [0.4, 0.5) is 5.69 Å². The van der Waals surface area contributed by atoms with Crippen molar-refractivity contribution >= 4 is 48.4 Å². The Labute approximate surface area is 160 Å². The minimum atomic E-state index is -4.10. The number of anilines is 1. The van der Waals surface area contributed by atoms with Gasteiger partial charge in [0.05, 0.1) is 24.6 Å². The van der Waals surface area contributed by atoms with Gasteiger partial charge in [0, 0.05) is 0 Å². The number of ether oxygens (including phenoxy) is 1. The molecular weight excluding hydrogens is 410 g/mol. The maximum Gasteiger partial charge on any atom is 0.339 e. The molecule has 0 saturated heterocycles. The number of carbonyl (C=O) groups excluding carboxylic acids is 1. The second-order valence-corrected chi connectivity index (χ2v) is 8.02. The predicted octanol–water partition coefficient (Wildman–Crippen LogP) is 1.40. The van der Waals surface area contributed by atoms with Crippen molar-refractivity contribution in [3.8, 4) is 5.75 Å². The first-order valence-electron chi connectivity index (χ1n) is 7.33. The van der Waals surface area contributed by atoms with E-state index in [4.69, 9.17) is 42.8 Å². The summed E-state index contributed by atoms with van der Waals surface area (Å²) in [4.78, 5) is 38.6. The number of alkyl halides is 2. The average molecular weight is 429 g/mol. The van der Waals surface area contributed by atoms with Crippen molar-refractivity contribution in [2.45, 2.75) is 17.8 Å². The summed E-state index contributed by atoms with van der Waals surface area (Å²) in [6.07, 6.45) is -0.598. The number of nitrogens with zero attached hydrogens (tertiary/aromatic N) is 1. The summed E-state index contributed by atoms with van der Waals surface area (Å²) in [5, 5.41) is 10.1. The van der Waals surface area contributed by atoms with E-state index >= 15 is 0 Å². The molecule has 0 spiro atoms. The lowest BCUT2D eigenvalue weighted by Gasteiger charge is -2.35. The topological polar surface area (TPSA) is 136 Å². The standard InChI is InChI=1S/C11H11Cl2NO2.C3H8NO5P/c1-7-6-16-9-5-3-2-4-8(9)14(7)11(15)10(12)13;5-3(6)1-4-2-10(7,8)9/h2-5,7,10H,6H2,1H3;4H,1-2H2,(H,5,6)(H2,7,8,9). The van der Waals surface area contributed by atoms with Crippen molar-refractivity contribution in [1.82, 2.24) is 5.32 Å². The maximum atomic E-state index is 11.9. The third-order valence-electron chi connectivity index (χ3n) is 3.06. The van der Waals surface area contributed by atoms with Crippen LogP contribution in [0.3, 0.4) is 0 Å². The molecule has 1 aromatic rings. The van der Waals surface area contributed by atoms with Gasteiger partial charge in [0.2, 0.25) is 0 Å². The van der Waals surface area contributed by atoms with Gasteiger partial charge in [-0.3, -0.25) is 19.5 Å². The highest BCUT2D eigenvalue weighted by Crippen LogP contribution is 2.34. The van der Waals surface area contributed by atoms with Crippen LogP contribution in [0.2, 0.25) is 0 Å². The summed E-state index contributed by atoms with van der Waals surface area (Å²) in [5.41, 5.74) is 0.720. The molecule has 26 heavy (non-hydrogen) atoms. The van der Waals surface area contributed by atoms with Crippen LogP contribution in [0.25, 0.3) is 0 Å². The van der Waals surface area contributed by atoms with Gasteiger partial charge in [0.15, 0.2) is 4.84 Å². The zero-order valence-electron chi connectivity index (χ0n) is 13.7. The number of halogens is 2. The molecule has 9 nitrogen and oxygen atoms in total. The van der Waals surface area contributed by atoms with Crippen LogP contribution in [0.1, 0.15) is 6.92 Å². The molecule has 0 bridgehead atoms. The van der Waals surface area contributed by atoms with Gasteiger partial charge in [-0.25, -0.2) is 0 Å². The van der Waals surface area contributed by atoms with Crippen molar-refractivity contribution in [1.29, 1.82) is 0 Å². The Bertz CT molecular complexity index is 683. The van der Waals surface area contributed by atoms with Gasteiger partial charge in [0.1, 0.15) is 12.4 Å². The van der Waals surface area contributed by atoms with E-state index in [1.165, 1.54) is 0 Å². The van der Waals surface area contributed by atoms with E-state index in [0.29, 0.717) is 12.4 Å². The SMILES string of the molecule is CC1COc2ccccc2N1C(=O)C(Cl)Cl.O=C(O)CNCP(=O)(O)O. The summed E-state index contributed by atoms with van der Waals surface area (Å²) in [6, 6.07) is 7.27. The molecule has 1 amide bonds. The van der Waals surface area contributed by atoms with E-state index in [-0.39, 0.29) is 11.9 Å². The maximum absolute atomic E-state index is 11.9. The summed E-state index contributed by atoms with van der Waals surface area (Å²) in [5.74, 6) is -0.775. The number of rotatable bonds is 5. The lowest BCUT2D eigenvalue weighted by atomic mass is 10.1. The second-order valence-electron chi connectivity index (χ2n) is 5.28. The van der Waals surface area contributed by atoms with Crippen molar-refractivity contribution in [2.24, 2.45) is 0 Å². The van der Waals surface area contributed by atoms with Crippen molar-refractivity contribution in [2.75, 3.05) is 24.3 Å². The highest BCUT2D eigenvalue weighted by molar-refractivity contribution is 7.51. The van der Waals surface area contributed by atoms with Crippen LogP contribution < -0.4 is 15.0 Å². The summed E-state index contributed by atoms with van der Waals surface area (Å²) < 4.78 is 15.6. The van der Waals surface area contributed by atoms with Gasteiger partial charge >= 0.3 is 13.6 Å². The van der Waals surface area contributed by atoms with Gasteiger partial charge in [0.25, 0.3) is 5.91 Å². The lowest BCUT2D eigenvalue weighted by Crippen LogP contribution is -2.47. The zero-order valence-corrected chi connectivity index (χ0v) is 16.1. The van der Waals surface area contributed by atoms with E-state index < -0.39 is 31.2 Å². The number of aliphatic carboxylic acids is 1. The molecule has 1 unspecified atom stereocenters. The Kier molecular flexibility index (Phi) is 8.82. The molecule has 12 heteroatoms. The van der Waals surface area contributed by atoms with Gasteiger partial charge in [-0.2, -0.15) is 0 Å². The molecule has 1 aromatic carbocycles. The first-order chi connectivity index (χ1) is 12.0. The number of carbonyl (C=O) groups is 2. The third-order valence-corrected chi connectivity index (χ3v) is 4.07. The largest absolute Gasteiger partial charge is 0.489 e. The van der Waals surface area contributed by atoms with E-state index in [0.717, 1.165) is 5.69 Å². The molecule has 0 saturated carbocycles. The van der Waals surface area contributed by atoms with E-state index in [9.17, 15) is 14.2 Å². The number of amides is 1. The summed E-state index contributed by atoms with van der Waals surface area (Å²) >= 11 is 11.3. The minimum absolute atomic E-state index is 0.0672. The van der Waals surface area contributed by atoms with Crippen molar-refractivity contribution in [3.05, 3.63) is 24.3 Å². The van der Waals surface area contributed by atoms with Gasteiger partial charge < -0.3 is 24.5 Å². The number of nitrogens with one attached hydrogen (secondary N) is 1. The fraction of sp³-hybridized carbons (Fsp3) is 0.429. The molecule has 4 N–H and O–H groups in total. The molecule has 1 aliphatic heterocycles. The molecule has 0 aromatic heterocycles. The summed E-state index contributed by atoms with van der Waals surface area (Å²) in [6.45, 7) is 1.90. The number of carboxylic acids is 1. The monoisotopic (exact) mass is 428 g/mol. The quantitative estimate of drug-likeness (QED) is 0.408. The van der Waals surface area contributed by atoms with Gasteiger partial charge in [-0.05, 0) is 19.1 Å². The van der Waals surface area contributed by atoms with Gasteiger partial charge in [-0.1, -0.05) is 35.3 Å². The van der Waals surface area contributed by atoms with E-state index in [1.54, 1.807) is 4.90 Å². The first kappa shape index (κ1) is 22.7. The Hall–Kier alpha value is -1.35. The molecule has 0 aliphatic carbocycles. The lowest BCUT2D eigenvalue weighted by molar-refractivity contribution is -0.135. The first-order valence-corrected chi connectivity index (χ1v) is 10.00. The van der Waals surface area contributed by atoms with E-state index in [1.807, 2.05) is 31.2 Å². The van der Waals surface area contributed by atoms with Crippen LogP contribution in [-0.4, -0.2) is 57.1 Å². The molecule has 146 valence electrons. The number of fused-ring (bicyclic) bond motifs is 1. The van der Waals surface area contributed by atoms with Crippen molar-refractivity contribution in [3.63, 3.8) is 0 Å². The van der Waals surface area contributed by atoms with Crippen LogP contribution >= 0.6 is 30.8 Å². The molecule has 0 fully saturated rings. The molecule has 0 radical (unpaired) electrons. The Morgan fingerprint density at radius 1 is 1.38 bits per heavy atom. The molecule has 2 rings (SSSR count). The Morgan fingerprint density at radius 3 is 2.54 bits per heavy atom. The average Bonchev–Trinajstić information content (AvgIpc) is 2.53. The molecule has 1 atom stereocenters. The minimum Gasteiger partial charge on any atom is -0.489 e. The fourth-order valence-corrected chi connectivity index (χ4v) is 2.66. The third kappa shape index (κ3) is 7.49.